The van der Waals surface area contributed by atoms with Crippen molar-refractivity contribution >= 4 is 5.97 Å². The molecule has 126 valence electrons. The van der Waals surface area contributed by atoms with E-state index in [2.05, 4.69) is 5.32 Å². The van der Waals surface area contributed by atoms with Crippen LogP contribution in [0.1, 0.15) is 6.42 Å². The molecule has 11 N–H and O–H groups in total. The molecular weight excluding hydrogens is 300 g/mol. The van der Waals surface area contributed by atoms with E-state index in [1.54, 1.807) is 0 Å². The van der Waals surface area contributed by atoms with Crippen LogP contribution in [0.4, 0.5) is 0 Å². The standard InChI is InChI=1S/C8H18N2O11/c1-9-4(2-5(11)12)3-10(6(13,14)15,7(16,17)18)8(19,20)21/h4,9,13-21H,2-3H2,1H3/p+1. The molecule has 0 aliphatic carbocycles. The maximum absolute atomic E-state index is 10.6. The van der Waals surface area contributed by atoms with E-state index in [0.717, 1.165) is 7.05 Å². The van der Waals surface area contributed by atoms with Crippen LogP contribution in [0.15, 0.2) is 0 Å². The molecule has 0 saturated carbocycles. The fourth-order valence-corrected chi connectivity index (χ4v) is 1.77. The van der Waals surface area contributed by atoms with Gasteiger partial charge >= 0.3 is 24.3 Å². The first-order chi connectivity index (χ1) is 9.10. The molecule has 0 saturated heterocycles. The Labute approximate surface area is 117 Å². The van der Waals surface area contributed by atoms with Crippen molar-refractivity contribution in [1.82, 2.24) is 5.32 Å². The summed E-state index contributed by atoms with van der Waals surface area (Å²) >= 11 is 0. The fourth-order valence-electron chi connectivity index (χ4n) is 1.77. The normalized spacial score (nSPS) is 15.9. The van der Waals surface area contributed by atoms with Crippen LogP contribution in [-0.4, -0.2) is 99.4 Å². The summed E-state index contributed by atoms with van der Waals surface area (Å²) in [5.74, 6) is -1.48. The quantitative estimate of drug-likeness (QED) is 0.148. The van der Waals surface area contributed by atoms with E-state index in [1.165, 1.54) is 0 Å². The lowest BCUT2D eigenvalue weighted by atomic mass is 10.1. The van der Waals surface area contributed by atoms with Gasteiger partial charge in [-0.3, -0.25) is 50.8 Å². The molecule has 0 fully saturated rings. The maximum Gasteiger partial charge on any atom is 0.455 e. The van der Waals surface area contributed by atoms with Crippen LogP contribution in [0.2, 0.25) is 0 Å². The predicted octanol–water partition coefficient (Wildman–Crippen LogP) is -6.37. The average Bonchev–Trinajstić information content (AvgIpc) is 2.17. The summed E-state index contributed by atoms with van der Waals surface area (Å²) in [7, 11) is 1.12. The minimum Gasteiger partial charge on any atom is -0.481 e. The molecule has 0 aromatic carbocycles. The first-order valence-electron chi connectivity index (χ1n) is 5.39. The molecule has 1 atom stereocenters. The minimum atomic E-state index is -4.50. The fraction of sp³-hybridized carbons (Fsp3) is 0.875. The van der Waals surface area contributed by atoms with Crippen LogP contribution in [0.5, 0.6) is 0 Å². The van der Waals surface area contributed by atoms with Crippen molar-refractivity contribution in [2.75, 3.05) is 13.6 Å². The van der Waals surface area contributed by atoms with Gasteiger partial charge in [0.2, 0.25) is 0 Å². The highest BCUT2D eigenvalue weighted by molar-refractivity contribution is 5.67. The third-order valence-corrected chi connectivity index (χ3v) is 2.86. The SMILES string of the molecule is CNC(CC(=O)O)C[N+](C(O)(O)O)(C(O)(O)O)C(O)(O)O. The molecule has 0 aromatic heterocycles. The molecule has 0 aliphatic heterocycles. The lowest BCUT2D eigenvalue weighted by Gasteiger charge is -2.49. The molecule has 0 heterocycles. The number of nitrogens with one attached hydrogen (secondary N) is 1. The second-order valence-electron chi connectivity index (χ2n) is 4.38. The molecule has 21 heavy (non-hydrogen) atoms. The van der Waals surface area contributed by atoms with Crippen molar-refractivity contribution in [3.05, 3.63) is 0 Å². The molecule has 13 heteroatoms. The third kappa shape index (κ3) is 4.02. The van der Waals surface area contributed by atoms with E-state index >= 15 is 0 Å². The summed E-state index contributed by atoms with van der Waals surface area (Å²) in [5.41, 5.74) is 0. The number of carboxylic acids is 1. The first kappa shape index (κ1) is 20.0. The lowest BCUT2D eigenvalue weighted by Crippen LogP contribution is -2.85. The molecular formula is C8H19N2O11+. The van der Waals surface area contributed by atoms with Crippen molar-refractivity contribution in [2.24, 2.45) is 0 Å². The number of aliphatic hydroxyl groups is 9. The lowest BCUT2D eigenvalue weighted by molar-refractivity contribution is -1.22. The van der Waals surface area contributed by atoms with E-state index in [-0.39, 0.29) is 0 Å². The number of likely N-dealkylation sites (N-methyl/N-ethyl adjacent to an activating group) is 1. The second kappa shape index (κ2) is 6.03. The van der Waals surface area contributed by atoms with Crippen molar-refractivity contribution in [3.8, 4) is 0 Å². The van der Waals surface area contributed by atoms with Crippen LogP contribution in [0, 0.1) is 0 Å². The predicted molar refractivity (Wildman–Crippen MR) is 58.4 cm³/mol. The van der Waals surface area contributed by atoms with Crippen molar-refractivity contribution in [2.45, 2.75) is 30.8 Å². The molecule has 0 aliphatic rings. The summed E-state index contributed by atoms with van der Waals surface area (Å²) in [6, 6.07) is -1.48. The molecule has 13 nitrogen and oxygen atoms in total. The topological polar surface area (TPSA) is 231 Å². The monoisotopic (exact) mass is 319 g/mol. The highest BCUT2D eigenvalue weighted by Gasteiger charge is 2.74. The van der Waals surface area contributed by atoms with E-state index < -0.39 is 47.8 Å². The number of hydrogen-bond donors (Lipinski definition) is 11. The Balaban J connectivity index is 5.98. The Morgan fingerprint density at radius 2 is 1.29 bits per heavy atom. The molecule has 1 unspecified atom stereocenters. The van der Waals surface area contributed by atoms with E-state index in [9.17, 15) is 4.79 Å². The van der Waals surface area contributed by atoms with Crippen LogP contribution in [0.3, 0.4) is 0 Å². The zero-order chi connectivity index (χ0) is 17.3. The average molecular weight is 319 g/mol. The second-order valence-corrected chi connectivity index (χ2v) is 4.38. The zero-order valence-corrected chi connectivity index (χ0v) is 10.8. The molecule has 0 aromatic rings. The molecule has 0 spiro atoms. The maximum atomic E-state index is 10.6. The first-order valence-corrected chi connectivity index (χ1v) is 5.39. The van der Waals surface area contributed by atoms with Gasteiger partial charge in [0.1, 0.15) is 6.54 Å². The minimum absolute atomic E-state index is 0.848. The molecule has 0 rings (SSSR count). The third-order valence-electron chi connectivity index (χ3n) is 2.86. The van der Waals surface area contributed by atoms with Crippen LogP contribution in [0.25, 0.3) is 0 Å². The number of rotatable bonds is 8. The number of aliphatic carboxylic acids is 1. The number of nitrogens with zero attached hydrogens (tertiary/aromatic N) is 1. The van der Waals surface area contributed by atoms with Gasteiger partial charge in [-0.1, -0.05) is 4.48 Å². The Kier molecular flexibility index (Phi) is 5.75. The van der Waals surface area contributed by atoms with E-state index in [1.807, 2.05) is 0 Å². The van der Waals surface area contributed by atoms with Crippen LogP contribution < -0.4 is 5.32 Å². The van der Waals surface area contributed by atoms with Gasteiger partial charge in [-0.25, -0.2) is 0 Å². The Morgan fingerprint density at radius 1 is 0.952 bits per heavy atom. The highest BCUT2D eigenvalue weighted by Crippen LogP contribution is 2.34. The Morgan fingerprint density at radius 3 is 1.48 bits per heavy atom. The number of hydrogen-bond acceptors (Lipinski definition) is 11. The molecule has 0 amide bonds. The number of quaternary nitrogens is 1. The van der Waals surface area contributed by atoms with Crippen LogP contribution in [-0.2, 0) is 4.79 Å². The summed E-state index contributed by atoms with van der Waals surface area (Å²) in [6.45, 7) is -1.46. The van der Waals surface area contributed by atoms with Crippen molar-refractivity contribution < 1.29 is 60.3 Å². The Hall–Kier alpha value is -0.970. The summed E-state index contributed by atoms with van der Waals surface area (Å²) < 4.78 is -3.16. The van der Waals surface area contributed by atoms with Gasteiger partial charge in [-0.2, -0.15) is 0 Å². The van der Waals surface area contributed by atoms with Gasteiger partial charge in [0.25, 0.3) is 0 Å². The molecule has 0 radical (unpaired) electrons. The van der Waals surface area contributed by atoms with Gasteiger partial charge in [-0.15, -0.1) is 0 Å². The summed E-state index contributed by atoms with van der Waals surface area (Å²) in [4.78, 5) is 10.6. The van der Waals surface area contributed by atoms with Crippen molar-refractivity contribution in [1.29, 1.82) is 0 Å². The number of carboxylic acid groups (broad SMARTS) is 1. The van der Waals surface area contributed by atoms with E-state index in [4.69, 9.17) is 51.1 Å². The van der Waals surface area contributed by atoms with Gasteiger partial charge in [-0.05, 0) is 7.05 Å². The van der Waals surface area contributed by atoms with Gasteiger partial charge in [0, 0.05) is 0 Å². The highest BCUT2D eigenvalue weighted by atomic mass is 16.8. The number of carbonyl (C=O) groups is 1. The van der Waals surface area contributed by atoms with E-state index in [0.29, 0.717) is 0 Å². The van der Waals surface area contributed by atoms with Crippen LogP contribution >= 0.6 is 0 Å². The zero-order valence-electron chi connectivity index (χ0n) is 10.8. The van der Waals surface area contributed by atoms with Gasteiger partial charge < -0.3 is 10.4 Å². The summed E-state index contributed by atoms with van der Waals surface area (Å²) in [5, 5.41) is 93.0. The molecule has 0 bridgehead atoms. The summed E-state index contributed by atoms with van der Waals surface area (Å²) in [6.07, 6.45) is -14.3. The van der Waals surface area contributed by atoms with Crippen molar-refractivity contribution in [3.63, 3.8) is 0 Å². The Bertz CT molecular complexity index is 330. The van der Waals surface area contributed by atoms with Gasteiger partial charge in [0.05, 0.1) is 12.5 Å². The smallest absolute Gasteiger partial charge is 0.455 e. The largest absolute Gasteiger partial charge is 0.481 e. The van der Waals surface area contributed by atoms with Gasteiger partial charge in [0.15, 0.2) is 0 Å².